The standard InChI is InChI=1S/C8H13N3O/c1-6-4-3-5-8(2,10-6)7(12)11-9/h3-5,10H,9H2,1-2H3,(H,11,12). The number of nitrogens with two attached hydrogens (primary N) is 1. The first-order valence-electron chi connectivity index (χ1n) is 3.74. The summed E-state index contributed by atoms with van der Waals surface area (Å²) in [5.74, 6) is 4.80. The zero-order chi connectivity index (χ0) is 9.19. The molecule has 0 bridgehead atoms. The highest BCUT2D eigenvalue weighted by molar-refractivity contribution is 5.88. The predicted octanol–water partition coefficient (Wildman–Crippen LogP) is -0.202. The second kappa shape index (κ2) is 2.98. The first kappa shape index (κ1) is 8.80. The number of allylic oxidation sites excluding steroid dienone is 3. The average molecular weight is 167 g/mol. The van der Waals surface area contributed by atoms with Crippen LogP contribution in [-0.2, 0) is 4.79 Å². The van der Waals surface area contributed by atoms with E-state index in [0.717, 1.165) is 5.70 Å². The third-order valence-electron chi connectivity index (χ3n) is 1.84. The number of nitrogens with one attached hydrogen (secondary N) is 2. The Balaban J connectivity index is 2.82. The van der Waals surface area contributed by atoms with Crippen LogP contribution in [-0.4, -0.2) is 11.4 Å². The Morgan fingerprint density at radius 2 is 2.42 bits per heavy atom. The molecule has 1 amide bonds. The van der Waals surface area contributed by atoms with Crippen LogP contribution in [0.5, 0.6) is 0 Å². The zero-order valence-electron chi connectivity index (χ0n) is 7.22. The maximum Gasteiger partial charge on any atom is 0.263 e. The molecule has 4 N–H and O–H groups in total. The van der Waals surface area contributed by atoms with E-state index in [9.17, 15) is 4.79 Å². The lowest BCUT2D eigenvalue weighted by Crippen LogP contribution is -2.55. The maximum absolute atomic E-state index is 11.3. The number of hydrogen-bond acceptors (Lipinski definition) is 3. The molecule has 0 fully saturated rings. The van der Waals surface area contributed by atoms with Crippen molar-refractivity contribution < 1.29 is 4.79 Å². The Morgan fingerprint density at radius 3 is 2.92 bits per heavy atom. The first-order chi connectivity index (χ1) is 5.58. The molecule has 0 radical (unpaired) electrons. The van der Waals surface area contributed by atoms with Gasteiger partial charge < -0.3 is 5.32 Å². The van der Waals surface area contributed by atoms with E-state index in [1.165, 1.54) is 0 Å². The number of hydrogen-bond donors (Lipinski definition) is 3. The fourth-order valence-corrected chi connectivity index (χ4v) is 1.16. The van der Waals surface area contributed by atoms with Crippen LogP contribution < -0.4 is 16.6 Å². The molecule has 0 spiro atoms. The van der Waals surface area contributed by atoms with Gasteiger partial charge in [-0.25, -0.2) is 5.84 Å². The number of amides is 1. The molecule has 12 heavy (non-hydrogen) atoms. The summed E-state index contributed by atoms with van der Waals surface area (Å²) in [7, 11) is 0. The van der Waals surface area contributed by atoms with Crippen molar-refractivity contribution in [2.75, 3.05) is 0 Å². The highest BCUT2D eigenvalue weighted by Gasteiger charge is 2.30. The van der Waals surface area contributed by atoms with E-state index >= 15 is 0 Å². The van der Waals surface area contributed by atoms with Crippen LogP contribution in [0.1, 0.15) is 13.8 Å². The average Bonchev–Trinajstić information content (AvgIpc) is 2.02. The van der Waals surface area contributed by atoms with Crippen LogP contribution in [0.15, 0.2) is 23.9 Å². The van der Waals surface area contributed by atoms with E-state index in [1.54, 1.807) is 13.0 Å². The van der Waals surface area contributed by atoms with Gasteiger partial charge in [-0.05, 0) is 26.0 Å². The molecule has 66 valence electrons. The van der Waals surface area contributed by atoms with Crippen molar-refractivity contribution in [3.05, 3.63) is 23.9 Å². The largest absolute Gasteiger partial charge is 0.372 e. The molecule has 1 unspecified atom stereocenters. The molecule has 4 nitrogen and oxygen atoms in total. The maximum atomic E-state index is 11.3. The van der Waals surface area contributed by atoms with Gasteiger partial charge >= 0.3 is 0 Å². The van der Waals surface area contributed by atoms with Crippen LogP contribution in [0.4, 0.5) is 0 Å². The Morgan fingerprint density at radius 1 is 1.75 bits per heavy atom. The van der Waals surface area contributed by atoms with Crippen LogP contribution in [0.2, 0.25) is 0 Å². The van der Waals surface area contributed by atoms with Crippen molar-refractivity contribution in [2.45, 2.75) is 19.4 Å². The van der Waals surface area contributed by atoms with Crippen molar-refractivity contribution in [2.24, 2.45) is 5.84 Å². The van der Waals surface area contributed by atoms with E-state index in [-0.39, 0.29) is 5.91 Å². The Labute approximate surface area is 71.5 Å². The van der Waals surface area contributed by atoms with E-state index in [2.05, 4.69) is 10.7 Å². The summed E-state index contributed by atoms with van der Waals surface area (Å²) in [6.45, 7) is 3.66. The van der Waals surface area contributed by atoms with E-state index in [1.807, 2.05) is 19.1 Å². The fourth-order valence-electron chi connectivity index (χ4n) is 1.16. The van der Waals surface area contributed by atoms with Gasteiger partial charge in [0.05, 0.1) is 0 Å². The number of carbonyl (C=O) groups is 1. The van der Waals surface area contributed by atoms with Crippen LogP contribution in [0.3, 0.4) is 0 Å². The monoisotopic (exact) mass is 167 g/mol. The molecule has 1 aliphatic heterocycles. The molecule has 0 aromatic carbocycles. The highest BCUT2D eigenvalue weighted by Crippen LogP contribution is 2.13. The smallest absolute Gasteiger partial charge is 0.263 e. The normalized spacial score (nSPS) is 27.4. The van der Waals surface area contributed by atoms with Crippen molar-refractivity contribution in [3.63, 3.8) is 0 Å². The summed E-state index contributed by atoms with van der Waals surface area (Å²) < 4.78 is 0. The quantitative estimate of drug-likeness (QED) is 0.288. The number of carbonyl (C=O) groups excluding carboxylic acids is 1. The molecule has 0 saturated carbocycles. The van der Waals surface area contributed by atoms with Crippen LogP contribution in [0.25, 0.3) is 0 Å². The minimum atomic E-state index is -0.715. The number of hydrazine groups is 1. The van der Waals surface area contributed by atoms with Gasteiger partial charge in [-0.3, -0.25) is 10.2 Å². The van der Waals surface area contributed by atoms with E-state index < -0.39 is 5.54 Å². The van der Waals surface area contributed by atoms with Gasteiger partial charge in [-0.15, -0.1) is 0 Å². The third-order valence-corrected chi connectivity index (χ3v) is 1.84. The SMILES string of the molecule is CC1=CC=CC(C)(C(=O)NN)N1. The molecule has 1 atom stereocenters. The van der Waals surface area contributed by atoms with Gasteiger partial charge in [-0.1, -0.05) is 6.08 Å². The van der Waals surface area contributed by atoms with Gasteiger partial charge in [-0.2, -0.15) is 0 Å². The molecule has 1 aliphatic rings. The Kier molecular flexibility index (Phi) is 2.19. The molecular formula is C8H13N3O. The first-order valence-corrected chi connectivity index (χ1v) is 3.74. The summed E-state index contributed by atoms with van der Waals surface area (Å²) in [4.78, 5) is 11.3. The van der Waals surface area contributed by atoms with E-state index in [4.69, 9.17) is 5.84 Å². The lowest BCUT2D eigenvalue weighted by atomic mass is 9.98. The Hall–Kier alpha value is -1.29. The van der Waals surface area contributed by atoms with Crippen molar-refractivity contribution in [1.82, 2.24) is 10.7 Å². The summed E-state index contributed by atoms with van der Waals surface area (Å²) >= 11 is 0. The van der Waals surface area contributed by atoms with Crippen LogP contribution >= 0.6 is 0 Å². The highest BCUT2D eigenvalue weighted by atomic mass is 16.2. The summed E-state index contributed by atoms with van der Waals surface area (Å²) in [6.07, 6.45) is 5.49. The summed E-state index contributed by atoms with van der Waals surface area (Å²) in [5.41, 5.74) is 2.35. The van der Waals surface area contributed by atoms with Gasteiger partial charge in [0.15, 0.2) is 0 Å². The number of dihydropyridines is 1. The summed E-state index contributed by atoms with van der Waals surface area (Å²) in [5, 5.41) is 3.03. The molecule has 1 heterocycles. The minimum absolute atomic E-state index is 0.244. The number of rotatable bonds is 1. The molecule has 0 aromatic heterocycles. The molecule has 4 heteroatoms. The predicted molar refractivity (Wildman–Crippen MR) is 46.8 cm³/mol. The van der Waals surface area contributed by atoms with Crippen molar-refractivity contribution in [1.29, 1.82) is 0 Å². The molecular weight excluding hydrogens is 154 g/mol. The molecule has 0 aromatic rings. The van der Waals surface area contributed by atoms with Crippen molar-refractivity contribution >= 4 is 5.91 Å². The minimum Gasteiger partial charge on any atom is -0.372 e. The van der Waals surface area contributed by atoms with Gasteiger partial charge in [0, 0.05) is 5.70 Å². The Bertz CT molecular complexity index is 257. The summed E-state index contributed by atoms with van der Waals surface area (Å²) in [6, 6.07) is 0. The second-order valence-corrected chi connectivity index (χ2v) is 3.01. The molecule has 1 rings (SSSR count). The second-order valence-electron chi connectivity index (χ2n) is 3.01. The van der Waals surface area contributed by atoms with Gasteiger partial charge in [0.25, 0.3) is 5.91 Å². The van der Waals surface area contributed by atoms with Gasteiger partial charge in [0.2, 0.25) is 0 Å². The van der Waals surface area contributed by atoms with Crippen LogP contribution in [0, 0.1) is 0 Å². The zero-order valence-corrected chi connectivity index (χ0v) is 7.22. The molecule has 0 aliphatic carbocycles. The van der Waals surface area contributed by atoms with Gasteiger partial charge in [0.1, 0.15) is 5.54 Å². The lowest BCUT2D eigenvalue weighted by molar-refractivity contribution is -0.125. The third kappa shape index (κ3) is 1.48. The lowest BCUT2D eigenvalue weighted by Gasteiger charge is -2.28. The fraction of sp³-hybridized carbons (Fsp3) is 0.375. The molecule has 0 saturated heterocycles. The van der Waals surface area contributed by atoms with Crippen molar-refractivity contribution in [3.8, 4) is 0 Å². The van der Waals surface area contributed by atoms with E-state index in [0.29, 0.717) is 0 Å². The topological polar surface area (TPSA) is 67.2 Å².